The normalized spacial score (nSPS) is 25.8. The number of amides is 3. The van der Waals surface area contributed by atoms with E-state index >= 15 is 0 Å². The Kier molecular flexibility index (Phi) is 6.79. The van der Waals surface area contributed by atoms with Crippen LogP contribution in [0.1, 0.15) is 29.2 Å². The fraction of sp³-hybridized carbons (Fsp3) is 0.500. The van der Waals surface area contributed by atoms with E-state index in [0.717, 1.165) is 30.3 Å². The monoisotopic (exact) mass is 480 g/mol. The summed E-state index contributed by atoms with van der Waals surface area (Å²) in [4.78, 5) is 33.9. The van der Waals surface area contributed by atoms with Crippen LogP contribution < -0.4 is 5.32 Å². The van der Waals surface area contributed by atoms with Crippen LogP contribution in [0.25, 0.3) is 10.9 Å². The van der Waals surface area contributed by atoms with Crippen molar-refractivity contribution >= 4 is 33.9 Å². The first-order valence-corrected chi connectivity index (χ1v) is 13.0. The smallest absolute Gasteiger partial charge is 0.317 e. The highest BCUT2D eigenvalue weighted by Gasteiger charge is 2.46. The van der Waals surface area contributed by atoms with Gasteiger partial charge in [0.2, 0.25) is 0 Å². The van der Waals surface area contributed by atoms with E-state index in [9.17, 15) is 9.59 Å². The Morgan fingerprint density at radius 2 is 2.15 bits per heavy atom. The Hall–Kier alpha value is -2.58. The molecule has 8 heteroatoms. The molecule has 3 saturated heterocycles. The number of aryl methyl sites for hydroxylation is 1. The number of rotatable bonds is 5. The molecular weight excluding hydrogens is 448 g/mol. The summed E-state index contributed by atoms with van der Waals surface area (Å²) in [6.45, 7) is 9.93. The first-order chi connectivity index (χ1) is 16.5. The summed E-state index contributed by atoms with van der Waals surface area (Å²) in [6, 6.07) is 8.50. The highest BCUT2D eigenvalue weighted by atomic mass is 32.2. The lowest BCUT2D eigenvalue weighted by Gasteiger charge is -2.39. The summed E-state index contributed by atoms with van der Waals surface area (Å²) in [5.74, 6) is 0.539. The van der Waals surface area contributed by atoms with E-state index in [4.69, 9.17) is 4.74 Å². The van der Waals surface area contributed by atoms with E-state index in [1.165, 1.54) is 22.9 Å². The molecule has 34 heavy (non-hydrogen) atoms. The highest BCUT2D eigenvalue weighted by molar-refractivity contribution is 8.14. The Morgan fingerprint density at radius 3 is 2.94 bits per heavy atom. The van der Waals surface area contributed by atoms with Crippen LogP contribution in [-0.2, 0) is 4.74 Å². The molecule has 0 saturated carbocycles. The number of aromatic nitrogens is 1. The molecule has 0 radical (unpaired) electrons. The summed E-state index contributed by atoms with van der Waals surface area (Å²) in [5, 5.41) is 4.49. The second kappa shape index (κ2) is 9.96. The third-order valence-corrected chi connectivity index (χ3v) is 8.69. The minimum absolute atomic E-state index is 0.0318. The number of nitrogens with zero attached hydrogens (tertiary/aromatic N) is 3. The highest BCUT2D eigenvalue weighted by Crippen LogP contribution is 2.50. The molecule has 3 aliphatic rings. The molecule has 5 rings (SSSR count). The molecule has 0 spiro atoms. The maximum absolute atomic E-state index is 12.9. The average molecular weight is 481 g/mol. The van der Waals surface area contributed by atoms with Crippen molar-refractivity contribution in [3.05, 3.63) is 54.2 Å². The molecule has 3 aliphatic heterocycles. The van der Waals surface area contributed by atoms with E-state index in [1.807, 2.05) is 17.2 Å². The number of piperidine rings is 1. The lowest BCUT2D eigenvalue weighted by molar-refractivity contribution is 0.0527. The second-order valence-corrected chi connectivity index (χ2v) is 10.5. The number of pyridine rings is 1. The largest absolute Gasteiger partial charge is 0.378 e. The van der Waals surface area contributed by atoms with Crippen LogP contribution in [0.3, 0.4) is 0 Å². The molecule has 4 atom stereocenters. The van der Waals surface area contributed by atoms with Gasteiger partial charge in [-0.2, -0.15) is 0 Å². The summed E-state index contributed by atoms with van der Waals surface area (Å²) in [5.41, 5.74) is 3.35. The third-order valence-electron chi connectivity index (χ3n) is 7.43. The van der Waals surface area contributed by atoms with Crippen molar-refractivity contribution in [2.24, 2.45) is 11.8 Å². The Labute approximate surface area is 204 Å². The van der Waals surface area contributed by atoms with Crippen LogP contribution >= 0.6 is 11.8 Å². The number of nitrogens with one attached hydrogen (secondary N) is 1. The van der Waals surface area contributed by atoms with Crippen molar-refractivity contribution in [1.29, 1.82) is 0 Å². The van der Waals surface area contributed by atoms with Crippen molar-refractivity contribution in [3.63, 3.8) is 0 Å². The number of urea groups is 1. The molecule has 1 N–H and O–H groups in total. The van der Waals surface area contributed by atoms with E-state index in [0.29, 0.717) is 38.8 Å². The van der Waals surface area contributed by atoms with E-state index in [2.05, 4.69) is 53.0 Å². The van der Waals surface area contributed by atoms with Crippen molar-refractivity contribution in [1.82, 2.24) is 20.1 Å². The van der Waals surface area contributed by atoms with Crippen molar-refractivity contribution < 1.29 is 14.3 Å². The van der Waals surface area contributed by atoms with Gasteiger partial charge in [-0.15, -0.1) is 6.58 Å². The maximum Gasteiger partial charge on any atom is 0.317 e. The quantitative estimate of drug-likeness (QED) is 0.643. The van der Waals surface area contributed by atoms with Crippen LogP contribution in [0.4, 0.5) is 9.59 Å². The van der Waals surface area contributed by atoms with Gasteiger partial charge in [0.25, 0.3) is 5.24 Å². The number of benzene rings is 1. The minimum atomic E-state index is -0.0318. The minimum Gasteiger partial charge on any atom is -0.378 e. The first kappa shape index (κ1) is 23.2. The van der Waals surface area contributed by atoms with E-state index < -0.39 is 0 Å². The van der Waals surface area contributed by atoms with Crippen LogP contribution in [0.15, 0.2) is 43.1 Å². The van der Waals surface area contributed by atoms with Crippen LogP contribution in [0.2, 0.25) is 0 Å². The van der Waals surface area contributed by atoms with Gasteiger partial charge >= 0.3 is 6.03 Å². The van der Waals surface area contributed by atoms with Crippen molar-refractivity contribution in [3.8, 4) is 0 Å². The summed E-state index contributed by atoms with van der Waals surface area (Å²) in [6.07, 6.45) is 5.66. The molecule has 1 aromatic carbocycles. The predicted octanol–water partition coefficient (Wildman–Crippen LogP) is 4.38. The van der Waals surface area contributed by atoms with Gasteiger partial charge in [0.15, 0.2) is 0 Å². The molecule has 2 aromatic rings. The molecular formula is C26H32N4O3S. The fourth-order valence-electron chi connectivity index (χ4n) is 5.51. The van der Waals surface area contributed by atoms with Gasteiger partial charge in [0, 0.05) is 43.8 Å². The average Bonchev–Trinajstić information content (AvgIpc) is 3.20. The lowest BCUT2D eigenvalue weighted by atomic mass is 9.79. The number of carbonyl (C=O) groups is 2. The number of hydrogen-bond donors (Lipinski definition) is 1. The molecule has 3 fully saturated rings. The first-order valence-electron chi connectivity index (χ1n) is 12.1. The third kappa shape index (κ3) is 4.53. The number of carbonyl (C=O) groups excluding carboxylic acids is 2. The van der Waals surface area contributed by atoms with Crippen molar-refractivity contribution in [2.45, 2.75) is 31.1 Å². The lowest BCUT2D eigenvalue weighted by Crippen LogP contribution is -2.48. The van der Waals surface area contributed by atoms with Gasteiger partial charge in [-0.3, -0.25) is 9.78 Å². The van der Waals surface area contributed by atoms with Crippen molar-refractivity contribution in [2.75, 3.05) is 39.4 Å². The van der Waals surface area contributed by atoms with Crippen LogP contribution in [-0.4, -0.2) is 71.5 Å². The van der Waals surface area contributed by atoms with E-state index in [-0.39, 0.29) is 28.5 Å². The van der Waals surface area contributed by atoms with Crippen LogP contribution in [0, 0.1) is 18.8 Å². The molecule has 3 amide bonds. The number of fused-ring (bicyclic) bond motifs is 2. The zero-order valence-electron chi connectivity index (χ0n) is 19.6. The SMILES string of the molecule is C=C[C@@H](CNC(=O)N1CCOCC1)[C@H]1CCN2C(=O)S[C@@H](c3ccnc4ccc(C)cc34)[C@@H]2C1. The summed E-state index contributed by atoms with van der Waals surface area (Å²) in [7, 11) is 0. The molecule has 0 aliphatic carbocycles. The van der Waals surface area contributed by atoms with Gasteiger partial charge in [0.1, 0.15) is 0 Å². The van der Waals surface area contributed by atoms with Gasteiger partial charge in [-0.05, 0) is 55.4 Å². The Morgan fingerprint density at radius 1 is 1.32 bits per heavy atom. The topological polar surface area (TPSA) is 74.8 Å². The van der Waals surface area contributed by atoms with E-state index in [1.54, 1.807) is 0 Å². The predicted molar refractivity (Wildman–Crippen MR) is 135 cm³/mol. The molecule has 0 unspecified atom stereocenters. The molecule has 4 heterocycles. The Balaban J connectivity index is 1.31. The Bertz CT molecular complexity index is 1090. The zero-order valence-corrected chi connectivity index (χ0v) is 20.4. The van der Waals surface area contributed by atoms with Crippen LogP contribution in [0.5, 0.6) is 0 Å². The zero-order chi connectivity index (χ0) is 23.7. The number of morpholine rings is 1. The standard InChI is InChI=1S/C26H32N4O3S/c1-3-18(16-28-25(31)29-10-12-33-13-11-29)19-7-9-30-23(15-19)24(34-26(30)32)20-6-8-27-22-5-4-17(2)14-21(20)22/h3-6,8,14,18-19,23-24H,1,7,9-13,15-16H2,2H3,(H,28,31)/t18-,19-,23-,24-/m0/s1. The molecule has 1 aromatic heterocycles. The maximum atomic E-state index is 12.9. The van der Waals surface area contributed by atoms with Gasteiger partial charge in [-0.25, -0.2) is 4.79 Å². The summed E-state index contributed by atoms with van der Waals surface area (Å²) < 4.78 is 5.34. The number of hydrogen-bond acceptors (Lipinski definition) is 5. The molecule has 7 nitrogen and oxygen atoms in total. The summed E-state index contributed by atoms with van der Waals surface area (Å²) >= 11 is 1.45. The number of thioether (sulfide) groups is 1. The molecule has 0 bridgehead atoms. The second-order valence-electron chi connectivity index (χ2n) is 9.46. The van der Waals surface area contributed by atoms with Gasteiger partial charge in [0.05, 0.1) is 24.0 Å². The number of ether oxygens (including phenoxy) is 1. The molecule has 180 valence electrons. The fourth-order valence-corrected chi connectivity index (χ4v) is 6.84. The van der Waals surface area contributed by atoms with Gasteiger partial charge < -0.3 is 19.9 Å². The van der Waals surface area contributed by atoms with Gasteiger partial charge in [-0.1, -0.05) is 29.5 Å².